The number of benzene rings is 1. The predicted molar refractivity (Wildman–Crippen MR) is 157 cm³/mol. The molecule has 242 valence electrons. The molecule has 14 heteroatoms. The van der Waals surface area contributed by atoms with Crippen LogP contribution in [0.3, 0.4) is 0 Å². The maximum absolute atomic E-state index is 12.8. The van der Waals surface area contributed by atoms with Gasteiger partial charge in [0.2, 0.25) is 0 Å². The van der Waals surface area contributed by atoms with E-state index < -0.39 is 36.6 Å². The van der Waals surface area contributed by atoms with E-state index in [-0.39, 0.29) is 36.1 Å². The summed E-state index contributed by atoms with van der Waals surface area (Å²) >= 11 is 0. The lowest BCUT2D eigenvalue weighted by Crippen LogP contribution is -2.70. The SMILES string of the molecule is CC(C)N(C[C@H]1O[C@](C)(N2CNC3C(N)NCNC32)[C@H](O)[C@@H]1O)[C@H]1C[C@H](CCC2Nc3ccc(CC(F)(F)F)cc3N2)C1. The second-order valence-corrected chi connectivity index (χ2v) is 13.4. The molecule has 6 rings (SSSR count). The number of alkyl halides is 3. The second-order valence-electron chi connectivity index (χ2n) is 13.4. The van der Waals surface area contributed by atoms with Crippen LogP contribution in [0.5, 0.6) is 0 Å². The maximum atomic E-state index is 12.8. The molecule has 4 heterocycles. The van der Waals surface area contributed by atoms with Crippen LogP contribution in [-0.4, -0.2) is 107 Å². The third-order valence-electron chi connectivity index (χ3n) is 10.2. The number of halogens is 3. The van der Waals surface area contributed by atoms with E-state index in [1.165, 1.54) is 6.07 Å². The van der Waals surface area contributed by atoms with Crippen LogP contribution in [-0.2, 0) is 11.2 Å². The van der Waals surface area contributed by atoms with E-state index in [9.17, 15) is 23.4 Å². The van der Waals surface area contributed by atoms with Crippen LogP contribution in [0.25, 0.3) is 0 Å². The van der Waals surface area contributed by atoms with Gasteiger partial charge in [-0.1, -0.05) is 6.07 Å². The van der Waals surface area contributed by atoms with Crippen molar-refractivity contribution in [3.8, 4) is 0 Å². The highest BCUT2D eigenvalue weighted by molar-refractivity contribution is 5.75. The van der Waals surface area contributed by atoms with Crippen molar-refractivity contribution in [1.82, 2.24) is 25.8 Å². The minimum absolute atomic E-state index is 0.00116. The Morgan fingerprint density at radius 2 is 1.86 bits per heavy atom. The number of aliphatic hydroxyl groups is 2. The number of hydrogen-bond acceptors (Lipinski definition) is 11. The number of fused-ring (bicyclic) bond motifs is 2. The number of nitrogens with one attached hydrogen (secondary N) is 5. The molecule has 4 fully saturated rings. The highest BCUT2D eigenvalue weighted by Gasteiger charge is 2.59. The fourth-order valence-corrected chi connectivity index (χ4v) is 7.69. The molecule has 3 saturated heterocycles. The Labute approximate surface area is 251 Å². The average Bonchev–Trinajstić information content (AvgIpc) is 3.58. The maximum Gasteiger partial charge on any atom is 0.393 e. The van der Waals surface area contributed by atoms with Crippen molar-refractivity contribution in [1.29, 1.82) is 0 Å². The van der Waals surface area contributed by atoms with Crippen LogP contribution in [0.1, 0.15) is 52.0 Å². The lowest BCUT2D eigenvalue weighted by molar-refractivity contribution is -0.186. The molecule has 0 radical (unpaired) electrons. The molecule has 1 aliphatic carbocycles. The summed E-state index contributed by atoms with van der Waals surface area (Å²) in [6, 6.07) is 5.40. The van der Waals surface area contributed by atoms with E-state index >= 15 is 0 Å². The first-order valence-electron chi connectivity index (χ1n) is 15.6. The Hall–Kier alpha value is -1.75. The van der Waals surface area contributed by atoms with Crippen LogP contribution >= 0.6 is 0 Å². The van der Waals surface area contributed by atoms with E-state index in [1.54, 1.807) is 12.1 Å². The van der Waals surface area contributed by atoms with Gasteiger partial charge in [0, 0.05) is 25.3 Å². The van der Waals surface area contributed by atoms with Crippen molar-refractivity contribution in [2.75, 3.05) is 30.5 Å². The summed E-state index contributed by atoms with van der Waals surface area (Å²) in [7, 11) is 0. The molecule has 4 unspecified atom stereocenters. The van der Waals surface area contributed by atoms with E-state index in [0.29, 0.717) is 31.8 Å². The fraction of sp³-hybridized carbons (Fsp3) is 0.793. The zero-order chi connectivity index (χ0) is 30.7. The highest BCUT2D eigenvalue weighted by Crippen LogP contribution is 2.41. The molecule has 43 heavy (non-hydrogen) atoms. The zero-order valence-electron chi connectivity index (χ0n) is 25.1. The Morgan fingerprint density at radius 3 is 2.58 bits per heavy atom. The Balaban J connectivity index is 0.995. The lowest BCUT2D eigenvalue weighted by Gasteiger charge is -2.46. The van der Waals surface area contributed by atoms with Gasteiger partial charge in [0.1, 0.15) is 24.0 Å². The van der Waals surface area contributed by atoms with Crippen molar-refractivity contribution < 1.29 is 28.1 Å². The van der Waals surface area contributed by atoms with Crippen LogP contribution in [0.2, 0.25) is 0 Å². The smallest absolute Gasteiger partial charge is 0.387 e. The third kappa shape index (κ3) is 6.23. The van der Waals surface area contributed by atoms with Gasteiger partial charge in [-0.15, -0.1) is 0 Å². The van der Waals surface area contributed by atoms with Crippen molar-refractivity contribution in [3.63, 3.8) is 0 Å². The van der Waals surface area contributed by atoms with Gasteiger partial charge in [-0.3, -0.25) is 20.9 Å². The minimum Gasteiger partial charge on any atom is -0.387 e. The molecular weight excluding hydrogens is 565 g/mol. The quantitative estimate of drug-likeness (QED) is 0.203. The average molecular weight is 613 g/mol. The third-order valence-corrected chi connectivity index (χ3v) is 10.2. The van der Waals surface area contributed by atoms with Crippen molar-refractivity contribution >= 4 is 11.4 Å². The monoisotopic (exact) mass is 612 g/mol. The summed E-state index contributed by atoms with van der Waals surface area (Å²) in [5.41, 5.74) is 7.00. The van der Waals surface area contributed by atoms with E-state index in [1.807, 2.05) is 11.8 Å². The number of rotatable bonds is 9. The number of ether oxygens (including phenoxy) is 1. The molecule has 0 amide bonds. The summed E-state index contributed by atoms with van der Waals surface area (Å²) in [6.45, 7) is 7.69. The summed E-state index contributed by atoms with van der Waals surface area (Å²) in [5, 5.41) is 39.1. The molecule has 0 bridgehead atoms. The second kappa shape index (κ2) is 11.9. The van der Waals surface area contributed by atoms with Gasteiger partial charge < -0.3 is 31.3 Å². The first kappa shape index (κ1) is 31.2. The summed E-state index contributed by atoms with van der Waals surface area (Å²) < 4.78 is 44.9. The number of aliphatic hydroxyl groups excluding tert-OH is 2. The molecule has 11 nitrogen and oxygen atoms in total. The van der Waals surface area contributed by atoms with E-state index in [2.05, 4.69) is 45.3 Å². The van der Waals surface area contributed by atoms with Gasteiger partial charge in [0.25, 0.3) is 0 Å². The van der Waals surface area contributed by atoms with Crippen LogP contribution in [0.4, 0.5) is 24.5 Å². The van der Waals surface area contributed by atoms with Gasteiger partial charge >= 0.3 is 6.18 Å². The first-order valence-corrected chi connectivity index (χ1v) is 15.6. The Kier molecular flexibility index (Phi) is 8.63. The molecule has 5 aliphatic rings. The Morgan fingerprint density at radius 1 is 1.12 bits per heavy atom. The van der Waals surface area contributed by atoms with Crippen molar-refractivity contribution in [3.05, 3.63) is 23.8 Å². The van der Waals surface area contributed by atoms with Crippen LogP contribution in [0, 0.1) is 5.92 Å². The number of hydrogen-bond donors (Lipinski definition) is 8. The fourth-order valence-electron chi connectivity index (χ4n) is 7.69. The summed E-state index contributed by atoms with van der Waals surface area (Å²) in [4.78, 5) is 4.42. The minimum atomic E-state index is -4.22. The largest absolute Gasteiger partial charge is 0.393 e. The number of nitrogens with two attached hydrogens (primary N) is 1. The van der Waals surface area contributed by atoms with Gasteiger partial charge in [-0.05, 0) is 70.1 Å². The Bertz CT molecular complexity index is 1140. The molecule has 0 spiro atoms. The highest BCUT2D eigenvalue weighted by atomic mass is 19.4. The molecule has 1 saturated carbocycles. The van der Waals surface area contributed by atoms with Gasteiger partial charge in [-0.25, -0.2) is 4.90 Å². The molecule has 1 aromatic rings. The van der Waals surface area contributed by atoms with E-state index in [4.69, 9.17) is 10.5 Å². The zero-order valence-corrected chi connectivity index (χ0v) is 25.1. The van der Waals surface area contributed by atoms with Gasteiger partial charge in [0.15, 0.2) is 0 Å². The van der Waals surface area contributed by atoms with E-state index in [0.717, 1.165) is 37.1 Å². The predicted octanol–water partition coefficient (Wildman–Crippen LogP) is 1.05. The molecule has 8 atom stereocenters. The molecule has 1 aromatic carbocycles. The molecular formula is C29H47F3N8O3. The molecule has 9 N–H and O–H groups in total. The van der Waals surface area contributed by atoms with Gasteiger partial charge in [0.05, 0.1) is 49.0 Å². The summed E-state index contributed by atoms with van der Waals surface area (Å²) in [6.07, 6.45) is -4.20. The lowest BCUT2D eigenvalue weighted by atomic mass is 9.76. The molecule has 4 aliphatic heterocycles. The molecule has 0 aromatic heterocycles. The van der Waals surface area contributed by atoms with Crippen LogP contribution < -0.4 is 32.3 Å². The van der Waals surface area contributed by atoms with Crippen molar-refractivity contribution in [2.45, 2.75) is 120 Å². The van der Waals surface area contributed by atoms with Crippen LogP contribution in [0.15, 0.2) is 18.2 Å². The van der Waals surface area contributed by atoms with Gasteiger partial charge in [-0.2, -0.15) is 13.2 Å². The number of nitrogens with zero attached hydrogens (tertiary/aromatic N) is 2. The standard InChI is InChI=1S/C29H47F3N8O3/c1-15(2)39(12-21-24(41)25(42)28(3,43-21)40-14-36-23-26(33)34-13-35-27(23)40)18-8-16(9-18)5-7-22-37-19-6-4-17(10-20(19)38-22)11-29(30,31)32/h4,6,10,15-16,18,21-27,34-38,41-42H,5,7-9,11-14,33H2,1-3H3/t16-,18-,21-,22?,23?,24-,25-,26?,27?,28+/m1/s1. The summed E-state index contributed by atoms with van der Waals surface area (Å²) in [5.74, 6) is 0.549. The normalized spacial score (nSPS) is 39.5. The number of anilines is 2. The topological polar surface area (TPSA) is 142 Å². The van der Waals surface area contributed by atoms with Crippen molar-refractivity contribution in [2.24, 2.45) is 11.7 Å². The first-order chi connectivity index (χ1) is 20.3.